The third-order valence-electron chi connectivity index (χ3n) is 4.73. The zero-order valence-corrected chi connectivity index (χ0v) is 16.3. The van der Waals surface area contributed by atoms with Crippen LogP contribution in [-0.4, -0.2) is 19.5 Å². The molecule has 5 heterocycles. The minimum Gasteiger partial charge on any atom is -0.354 e. The van der Waals surface area contributed by atoms with Crippen molar-refractivity contribution in [2.24, 2.45) is 0 Å². The Morgan fingerprint density at radius 2 is 1.44 bits per heavy atom. The van der Waals surface area contributed by atoms with Crippen molar-refractivity contribution in [3.8, 4) is 0 Å². The molecule has 4 nitrogen and oxygen atoms in total. The molecule has 3 aromatic rings. The molecule has 1 N–H and O–H groups in total. The van der Waals surface area contributed by atoms with E-state index in [0.717, 1.165) is 44.8 Å². The summed E-state index contributed by atoms with van der Waals surface area (Å²) >= 11 is 3.73. The maximum atomic E-state index is 4.70. The van der Waals surface area contributed by atoms with Crippen LogP contribution in [0.1, 0.15) is 34.7 Å². The van der Waals surface area contributed by atoms with Gasteiger partial charge < -0.3 is 9.55 Å². The predicted octanol–water partition coefficient (Wildman–Crippen LogP) is 6.04. The van der Waals surface area contributed by atoms with Crippen molar-refractivity contribution in [1.82, 2.24) is 19.5 Å². The Balaban J connectivity index is 1.89. The molecule has 0 saturated heterocycles. The molecule has 1 atom stereocenters. The first-order chi connectivity index (χ1) is 13.2. The topological polar surface area (TPSA) is 46.5 Å². The highest BCUT2D eigenvalue weighted by Gasteiger charge is 2.08. The molecule has 132 valence electrons. The number of rotatable bonds is 1. The van der Waals surface area contributed by atoms with Gasteiger partial charge in [0.2, 0.25) is 0 Å². The summed E-state index contributed by atoms with van der Waals surface area (Å²) in [6.07, 6.45) is 8.07. The number of aromatic nitrogens is 4. The van der Waals surface area contributed by atoms with Gasteiger partial charge in [0.25, 0.3) is 0 Å². The maximum Gasteiger partial charge on any atom is 0.0894 e. The van der Waals surface area contributed by atoms with Gasteiger partial charge in [0.1, 0.15) is 0 Å². The lowest BCUT2D eigenvalue weighted by molar-refractivity contribution is 0.816. The van der Waals surface area contributed by atoms with Gasteiger partial charge in [-0.25, -0.2) is 9.97 Å². The molecule has 0 amide bonds. The SMILES string of the molecule is CC(Br)n1c2ccc3nc(c4nc(ccc5ccc([nH]5)c1cc2)C=C4)C=C3. The summed E-state index contributed by atoms with van der Waals surface area (Å²) in [5.74, 6) is 0. The predicted molar refractivity (Wildman–Crippen MR) is 116 cm³/mol. The monoisotopic (exact) mass is 416 g/mol. The van der Waals surface area contributed by atoms with Crippen molar-refractivity contribution in [3.05, 3.63) is 71.3 Å². The van der Waals surface area contributed by atoms with E-state index in [1.807, 2.05) is 36.4 Å². The van der Waals surface area contributed by atoms with Gasteiger partial charge in [0.15, 0.2) is 0 Å². The number of nitrogens with one attached hydrogen (secondary N) is 1. The summed E-state index contributed by atoms with van der Waals surface area (Å²) in [6.45, 7) is 2.12. The molecule has 0 radical (unpaired) electrons. The summed E-state index contributed by atoms with van der Waals surface area (Å²) in [4.78, 5) is 13.0. The van der Waals surface area contributed by atoms with Crippen LogP contribution >= 0.6 is 15.9 Å². The molecule has 2 aliphatic rings. The van der Waals surface area contributed by atoms with Gasteiger partial charge in [0.05, 0.1) is 38.8 Å². The minimum atomic E-state index is 0.163. The van der Waals surface area contributed by atoms with E-state index in [4.69, 9.17) is 4.98 Å². The second-order valence-corrected chi connectivity index (χ2v) is 7.92. The number of aromatic amines is 1. The molecule has 0 aromatic carbocycles. The van der Waals surface area contributed by atoms with Crippen LogP contribution in [0, 0.1) is 0 Å². The van der Waals surface area contributed by atoms with Crippen LogP contribution < -0.4 is 0 Å². The van der Waals surface area contributed by atoms with Crippen molar-refractivity contribution < 1.29 is 0 Å². The van der Waals surface area contributed by atoms with Gasteiger partial charge in [-0.1, -0.05) is 15.9 Å². The van der Waals surface area contributed by atoms with Gasteiger partial charge in [-0.2, -0.15) is 0 Å². The number of fused-ring (bicyclic) bond motifs is 10. The molecule has 0 spiro atoms. The Morgan fingerprint density at radius 1 is 0.815 bits per heavy atom. The number of H-pyrrole nitrogens is 1. The smallest absolute Gasteiger partial charge is 0.0894 e. The number of halogens is 1. The lowest BCUT2D eigenvalue weighted by Crippen LogP contribution is -1.96. The zero-order valence-electron chi connectivity index (χ0n) is 14.7. The second kappa shape index (κ2) is 6.35. The average Bonchev–Trinajstić information content (AvgIpc) is 3.43. The highest BCUT2D eigenvalue weighted by molar-refractivity contribution is 9.09. The average molecular weight is 417 g/mol. The van der Waals surface area contributed by atoms with E-state index in [0.29, 0.717) is 0 Å². The van der Waals surface area contributed by atoms with Gasteiger partial charge >= 0.3 is 0 Å². The Morgan fingerprint density at radius 3 is 2.15 bits per heavy atom. The van der Waals surface area contributed by atoms with Gasteiger partial charge in [-0.3, -0.25) is 0 Å². The van der Waals surface area contributed by atoms with Gasteiger partial charge in [-0.15, -0.1) is 0 Å². The molecular formula is C22H17BrN4. The molecule has 2 aliphatic heterocycles. The first-order valence-electron chi connectivity index (χ1n) is 8.86. The standard InChI is InChI=1S/C22H17BrN4/c1-14(23)27-18-8-4-17-6-11-20(25-17)19-10-5-15(24-19)2-3-16-7-12-21(26-16)22(27)13-9-18/h2-14,26H,1H3. The van der Waals surface area contributed by atoms with E-state index in [1.165, 1.54) is 0 Å². The number of hydrogen-bond acceptors (Lipinski definition) is 2. The molecule has 5 rings (SSSR count). The van der Waals surface area contributed by atoms with Gasteiger partial charge in [0, 0.05) is 11.0 Å². The molecular weight excluding hydrogens is 400 g/mol. The van der Waals surface area contributed by atoms with E-state index in [2.05, 4.69) is 73.8 Å². The highest BCUT2D eigenvalue weighted by Crippen LogP contribution is 2.26. The molecule has 8 bridgehead atoms. The fourth-order valence-electron chi connectivity index (χ4n) is 3.45. The minimum absolute atomic E-state index is 0.163. The lowest BCUT2D eigenvalue weighted by atomic mass is 10.3. The van der Waals surface area contributed by atoms with Crippen LogP contribution in [0.25, 0.3) is 46.4 Å². The van der Waals surface area contributed by atoms with E-state index in [-0.39, 0.29) is 4.95 Å². The van der Waals surface area contributed by atoms with Crippen LogP contribution in [0.15, 0.2) is 48.5 Å². The fraction of sp³-hybridized carbons (Fsp3) is 0.0909. The fourth-order valence-corrected chi connectivity index (χ4v) is 3.90. The van der Waals surface area contributed by atoms with Crippen molar-refractivity contribution >= 4 is 62.3 Å². The third-order valence-corrected chi connectivity index (χ3v) is 5.14. The van der Waals surface area contributed by atoms with Crippen LogP contribution in [0.2, 0.25) is 0 Å². The van der Waals surface area contributed by atoms with Crippen LogP contribution in [0.5, 0.6) is 0 Å². The maximum absolute atomic E-state index is 4.70. The molecule has 0 fully saturated rings. The van der Waals surface area contributed by atoms with Crippen molar-refractivity contribution in [2.45, 2.75) is 11.9 Å². The first kappa shape index (κ1) is 16.3. The highest BCUT2D eigenvalue weighted by atomic mass is 79.9. The Kier molecular flexibility index (Phi) is 3.83. The molecule has 0 aliphatic carbocycles. The quantitative estimate of drug-likeness (QED) is 0.338. The largest absolute Gasteiger partial charge is 0.354 e. The summed E-state index contributed by atoms with van der Waals surface area (Å²) in [5.41, 5.74) is 8.02. The summed E-state index contributed by atoms with van der Waals surface area (Å²) < 4.78 is 2.26. The van der Waals surface area contributed by atoms with Crippen molar-refractivity contribution in [3.63, 3.8) is 0 Å². The van der Waals surface area contributed by atoms with Crippen LogP contribution in [0.3, 0.4) is 0 Å². The molecule has 3 aromatic heterocycles. The Labute approximate surface area is 165 Å². The van der Waals surface area contributed by atoms with Crippen LogP contribution in [0.4, 0.5) is 0 Å². The second-order valence-electron chi connectivity index (χ2n) is 6.59. The van der Waals surface area contributed by atoms with Crippen molar-refractivity contribution in [2.75, 3.05) is 0 Å². The van der Waals surface area contributed by atoms with E-state index < -0.39 is 0 Å². The van der Waals surface area contributed by atoms with Crippen molar-refractivity contribution in [1.29, 1.82) is 0 Å². The summed E-state index contributed by atoms with van der Waals surface area (Å²) in [7, 11) is 0. The van der Waals surface area contributed by atoms with Gasteiger partial charge in [-0.05, 0) is 79.8 Å². The number of alkyl halides is 1. The number of nitrogens with zero attached hydrogens (tertiary/aromatic N) is 3. The molecule has 27 heavy (non-hydrogen) atoms. The normalized spacial score (nSPS) is 13.9. The summed E-state index contributed by atoms with van der Waals surface area (Å²) in [5, 5.41) is 0. The van der Waals surface area contributed by atoms with E-state index >= 15 is 0 Å². The Hall–Kier alpha value is -2.92. The number of hydrogen-bond donors (Lipinski definition) is 1. The molecule has 5 heteroatoms. The summed E-state index contributed by atoms with van der Waals surface area (Å²) in [6, 6.07) is 16.7. The van der Waals surface area contributed by atoms with E-state index in [9.17, 15) is 0 Å². The first-order valence-corrected chi connectivity index (χ1v) is 9.78. The molecule has 1 unspecified atom stereocenters. The lowest BCUT2D eigenvalue weighted by Gasteiger charge is -2.09. The molecule has 0 saturated carbocycles. The third kappa shape index (κ3) is 2.94. The van der Waals surface area contributed by atoms with E-state index in [1.54, 1.807) is 0 Å². The van der Waals surface area contributed by atoms with Crippen LogP contribution in [-0.2, 0) is 0 Å². The Bertz CT molecular complexity index is 1260. The zero-order chi connectivity index (χ0) is 18.4.